The van der Waals surface area contributed by atoms with E-state index in [2.05, 4.69) is 6.08 Å². The average Bonchev–Trinajstić information content (AvgIpc) is 2.18. The molecule has 0 atom stereocenters. The van der Waals surface area contributed by atoms with E-state index < -0.39 is 0 Å². The third-order valence-corrected chi connectivity index (χ3v) is 4.46. The molecule has 12 heavy (non-hydrogen) atoms. The molecule has 0 amide bonds. The zero-order valence-corrected chi connectivity index (χ0v) is 7.81. The molecule has 1 spiro atoms. The van der Waals surface area contributed by atoms with Gasteiger partial charge in [0.05, 0.1) is 0 Å². The van der Waals surface area contributed by atoms with E-state index in [1.807, 2.05) is 5.57 Å². The molecule has 4 aliphatic rings. The summed E-state index contributed by atoms with van der Waals surface area (Å²) in [5, 5.41) is 0. The fourth-order valence-corrected chi connectivity index (χ4v) is 3.68. The first kappa shape index (κ1) is 7.17. The van der Waals surface area contributed by atoms with Crippen LogP contribution in [0.1, 0.15) is 51.4 Å². The van der Waals surface area contributed by atoms with Gasteiger partial charge in [-0.25, -0.2) is 0 Å². The van der Waals surface area contributed by atoms with Gasteiger partial charge in [-0.1, -0.05) is 18.1 Å². The Morgan fingerprint density at radius 3 is 2.67 bits per heavy atom. The fourth-order valence-electron chi connectivity index (χ4n) is 3.68. The van der Waals surface area contributed by atoms with Crippen LogP contribution >= 0.6 is 0 Å². The van der Waals surface area contributed by atoms with Gasteiger partial charge < -0.3 is 0 Å². The predicted octanol–water partition coefficient (Wildman–Crippen LogP) is 3.68. The quantitative estimate of drug-likeness (QED) is 0.477. The first-order chi connectivity index (χ1) is 5.89. The monoisotopic (exact) mass is 162 g/mol. The lowest BCUT2D eigenvalue weighted by Gasteiger charge is -2.49. The lowest BCUT2D eigenvalue weighted by atomic mass is 9.56. The second-order valence-corrected chi connectivity index (χ2v) is 5.02. The summed E-state index contributed by atoms with van der Waals surface area (Å²) in [5.41, 5.74) is 2.61. The number of fused-ring (bicyclic) bond motifs is 2. The summed E-state index contributed by atoms with van der Waals surface area (Å²) in [5.74, 6) is 0.986. The Morgan fingerprint density at radius 2 is 1.92 bits per heavy atom. The molecule has 0 aliphatic heterocycles. The first-order valence-electron chi connectivity index (χ1n) is 5.60. The molecule has 0 unspecified atom stereocenters. The van der Waals surface area contributed by atoms with Crippen molar-refractivity contribution < 1.29 is 0 Å². The Balaban J connectivity index is 2.01. The smallest absolute Gasteiger partial charge is 0.00876 e. The van der Waals surface area contributed by atoms with Crippen molar-refractivity contribution in [2.75, 3.05) is 0 Å². The van der Waals surface area contributed by atoms with Crippen LogP contribution in [-0.4, -0.2) is 0 Å². The zero-order valence-electron chi connectivity index (χ0n) is 7.81. The van der Waals surface area contributed by atoms with Crippen molar-refractivity contribution in [1.29, 1.82) is 0 Å². The minimum Gasteiger partial charge on any atom is -0.0817 e. The van der Waals surface area contributed by atoms with Crippen molar-refractivity contribution in [2.45, 2.75) is 51.4 Å². The highest BCUT2D eigenvalue weighted by Crippen LogP contribution is 2.56. The van der Waals surface area contributed by atoms with Crippen LogP contribution in [0.4, 0.5) is 0 Å². The molecule has 2 fully saturated rings. The summed E-state index contributed by atoms with van der Waals surface area (Å²) in [6, 6.07) is 0. The number of hydrogen-bond donors (Lipinski definition) is 0. The van der Waals surface area contributed by atoms with Gasteiger partial charge in [0.15, 0.2) is 0 Å². The van der Waals surface area contributed by atoms with Crippen LogP contribution in [0, 0.1) is 11.3 Å². The van der Waals surface area contributed by atoms with Gasteiger partial charge >= 0.3 is 0 Å². The topological polar surface area (TPSA) is 0 Å². The van der Waals surface area contributed by atoms with Crippen LogP contribution in [0.15, 0.2) is 11.6 Å². The molecule has 0 heteroatoms. The van der Waals surface area contributed by atoms with Gasteiger partial charge in [-0.2, -0.15) is 0 Å². The minimum absolute atomic E-state index is 0.743. The van der Waals surface area contributed by atoms with Crippen LogP contribution < -0.4 is 0 Å². The van der Waals surface area contributed by atoms with Gasteiger partial charge in [-0.3, -0.25) is 0 Å². The van der Waals surface area contributed by atoms with Crippen LogP contribution in [0.25, 0.3) is 0 Å². The minimum atomic E-state index is 0.743. The van der Waals surface area contributed by atoms with E-state index in [4.69, 9.17) is 0 Å². The summed E-state index contributed by atoms with van der Waals surface area (Å²) >= 11 is 0. The number of allylic oxidation sites excluding steroid dienone is 2. The Kier molecular flexibility index (Phi) is 1.42. The highest BCUT2D eigenvalue weighted by atomic mass is 14.5. The van der Waals surface area contributed by atoms with Crippen molar-refractivity contribution >= 4 is 0 Å². The molecule has 0 radical (unpaired) electrons. The zero-order chi connectivity index (χ0) is 8.02. The van der Waals surface area contributed by atoms with Crippen molar-refractivity contribution in [3.8, 4) is 0 Å². The van der Waals surface area contributed by atoms with E-state index >= 15 is 0 Å². The first-order valence-corrected chi connectivity index (χ1v) is 5.60. The summed E-state index contributed by atoms with van der Waals surface area (Å²) < 4.78 is 0. The van der Waals surface area contributed by atoms with Crippen LogP contribution in [0.3, 0.4) is 0 Å². The lowest BCUT2D eigenvalue weighted by Crippen LogP contribution is -2.36. The second-order valence-electron chi connectivity index (χ2n) is 5.02. The van der Waals surface area contributed by atoms with Gasteiger partial charge in [-0.15, -0.1) is 0 Å². The molecule has 0 saturated heterocycles. The van der Waals surface area contributed by atoms with Crippen molar-refractivity contribution in [3.05, 3.63) is 11.6 Å². The SMILES string of the molecule is C1=C2CCCCC23CCC1CC3. The van der Waals surface area contributed by atoms with E-state index in [1.165, 1.54) is 51.4 Å². The van der Waals surface area contributed by atoms with Gasteiger partial charge in [0.25, 0.3) is 0 Å². The Bertz CT molecular complexity index is 216. The molecule has 0 nitrogen and oxygen atoms in total. The van der Waals surface area contributed by atoms with Crippen molar-refractivity contribution in [2.24, 2.45) is 11.3 Å². The van der Waals surface area contributed by atoms with Crippen molar-refractivity contribution in [1.82, 2.24) is 0 Å². The molecule has 0 aromatic heterocycles. The van der Waals surface area contributed by atoms with E-state index in [9.17, 15) is 0 Å². The molecule has 66 valence electrons. The molecule has 4 rings (SSSR count). The Morgan fingerprint density at radius 1 is 1.08 bits per heavy atom. The molecule has 2 saturated carbocycles. The van der Waals surface area contributed by atoms with Crippen LogP contribution in [0.2, 0.25) is 0 Å². The largest absolute Gasteiger partial charge is 0.0817 e. The third kappa shape index (κ3) is 0.841. The average molecular weight is 162 g/mol. The van der Waals surface area contributed by atoms with Gasteiger partial charge in [-0.05, 0) is 56.3 Å². The summed E-state index contributed by atoms with van der Waals surface area (Å²) in [4.78, 5) is 0. The van der Waals surface area contributed by atoms with E-state index in [1.54, 1.807) is 0 Å². The maximum absolute atomic E-state index is 2.64. The molecule has 0 aromatic carbocycles. The maximum Gasteiger partial charge on any atom is -0.00876 e. The molecule has 0 N–H and O–H groups in total. The molecule has 2 bridgehead atoms. The molecular weight excluding hydrogens is 144 g/mol. The molecule has 0 aromatic rings. The van der Waals surface area contributed by atoms with Crippen LogP contribution in [0.5, 0.6) is 0 Å². The lowest BCUT2D eigenvalue weighted by molar-refractivity contribution is 0.143. The van der Waals surface area contributed by atoms with Gasteiger partial charge in [0.1, 0.15) is 0 Å². The van der Waals surface area contributed by atoms with E-state index in [0.29, 0.717) is 0 Å². The molecular formula is C12H18. The standard InChI is InChI=1S/C12H18/c1-2-6-12-7-4-10(5-8-12)9-11(12)3-1/h9-10H,1-8H2. The second kappa shape index (κ2) is 2.37. The normalized spacial score (nSPS) is 45.3. The van der Waals surface area contributed by atoms with Crippen LogP contribution in [-0.2, 0) is 0 Å². The molecule has 0 heterocycles. The number of hydrogen-bond acceptors (Lipinski definition) is 0. The third-order valence-electron chi connectivity index (χ3n) is 4.46. The van der Waals surface area contributed by atoms with Gasteiger partial charge in [0.2, 0.25) is 0 Å². The van der Waals surface area contributed by atoms with Crippen molar-refractivity contribution in [3.63, 3.8) is 0 Å². The maximum atomic E-state index is 2.64. The Hall–Kier alpha value is -0.260. The number of rotatable bonds is 0. The van der Waals surface area contributed by atoms with E-state index in [-0.39, 0.29) is 0 Å². The molecule has 4 aliphatic carbocycles. The Labute approximate surface area is 75.0 Å². The fraction of sp³-hybridized carbons (Fsp3) is 0.833. The van der Waals surface area contributed by atoms with E-state index in [0.717, 1.165) is 11.3 Å². The van der Waals surface area contributed by atoms with Gasteiger partial charge in [0, 0.05) is 0 Å². The highest BCUT2D eigenvalue weighted by Gasteiger charge is 2.42. The summed E-state index contributed by atoms with van der Waals surface area (Å²) in [6.07, 6.45) is 14.6. The summed E-state index contributed by atoms with van der Waals surface area (Å²) in [7, 11) is 0. The summed E-state index contributed by atoms with van der Waals surface area (Å²) in [6.45, 7) is 0. The highest BCUT2D eigenvalue weighted by molar-refractivity contribution is 5.24. The predicted molar refractivity (Wildman–Crippen MR) is 50.9 cm³/mol.